The van der Waals surface area contributed by atoms with E-state index in [-0.39, 0.29) is 18.0 Å². The third-order valence-corrected chi connectivity index (χ3v) is 4.42. The topological polar surface area (TPSA) is 49.9 Å². The second-order valence-corrected chi connectivity index (χ2v) is 7.54. The summed E-state index contributed by atoms with van der Waals surface area (Å²) in [5, 5.41) is 0. The minimum Gasteiger partial charge on any atom is -0.444 e. The number of piperidine rings is 1. The molecule has 2 amide bonds. The summed E-state index contributed by atoms with van der Waals surface area (Å²) in [6.45, 7) is 9.60. The zero-order chi connectivity index (χ0) is 18.4. The molecule has 1 aromatic rings. The van der Waals surface area contributed by atoms with Gasteiger partial charge in [-0.2, -0.15) is 0 Å². The summed E-state index contributed by atoms with van der Waals surface area (Å²) in [5.74, 6) is 0.157. The third-order valence-electron chi connectivity index (χ3n) is 4.42. The molecule has 0 radical (unpaired) electrons. The zero-order valence-corrected chi connectivity index (χ0v) is 15.8. The molecule has 1 aromatic carbocycles. The highest BCUT2D eigenvalue weighted by molar-refractivity contribution is 5.79. The Morgan fingerprint density at radius 2 is 1.76 bits per heavy atom. The summed E-state index contributed by atoms with van der Waals surface area (Å²) < 4.78 is 5.43. The van der Waals surface area contributed by atoms with Gasteiger partial charge in [-0.25, -0.2) is 4.79 Å². The summed E-state index contributed by atoms with van der Waals surface area (Å²) in [4.78, 5) is 28.5. The first-order valence-electron chi connectivity index (χ1n) is 9.11. The SMILES string of the molecule is CCN(C(=O)Cc1ccccc1)C1CCN(C(=O)OC(C)(C)C)CC1. The highest BCUT2D eigenvalue weighted by atomic mass is 16.6. The molecule has 0 bridgehead atoms. The van der Waals surface area contributed by atoms with Crippen molar-refractivity contribution in [2.24, 2.45) is 0 Å². The second kappa shape index (κ2) is 8.37. The van der Waals surface area contributed by atoms with Crippen LogP contribution >= 0.6 is 0 Å². The normalized spacial score (nSPS) is 15.8. The lowest BCUT2D eigenvalue weighted by Crippen LogP contribution is -2.49. The van der Waals surface area contributed by atoms with E-state index in [0.29, 0.717) is 26.1 Å². The molecule has 0 saturated carbocycles. The van der Waals surface area contributed by atoms with Gasteiger partial charge in [0.2, 0.25) is 5.91 Å². The number of rotatable bonds is 4. The Kier molecular flexibility index (Phi) is 6.45. The summed E-state index contributed by atoms with van der Waals surface area (Å²) in [6.07, 6.45) is 1.77. The van der Waals surface area contributed by atoms with Crippen LogP contribution in [-0.2, 0) is 16.0 Å². The standard InChI is InChI=1S/C20H30N2O3/c1-5-22(18(23)15-16-9-7-6-8-10-16)17-11-13-21(14-12-17)19(24)25-20(2,3)4/h6-10,17H,5,11-15H2,1-4H3. The maximum atomic E-state index is 12.7. The van der Waals surface area contributed by atoms with Crippen LogP contribution in [-0.4, -0.2) is 53.1 Å². The minimum atomic E-state index is -0.477. The highest BCUT2D eigenvalue weighted by Gasteiger charge is 2.30. The van der Waals surface area contributed by atoms with Gasteiger partial charge in [0.15, 0.2) is 0 Å². The molecule has 2 rings (SSSR count). The maximum absolute atomic E-state index is 12.7. The lowest BCUT2D eigenvalue weighted by Gasteiger charge is -2.38. The molecule has 0 N–H and O–H groups in total. The molecule has 1 saturated heterocycles. The Labute approximate surface area is 150 Å². The number of ether oxygens (including phenoxy) is 1. The molecule has 0 atom stereocenters. The fraction of sp³-hybridized carbons (Fsp3) is 0.600. The van der Waals surface area contributed by atoms with Crippen LogP contribution in [0.15, 0.2) is 30.3 Å². The van der Waals surface area contributed by atoms with Crippen molar-refractivity contribution in [2.75, 3.05) is 19.6 Å². The van der Waals surface area contributed by atoms with Crippen LogP contribution < -0.4 is 0 Å². The number of amides is 2. The van der Waals surface area contributed by atoms with Crippen molar-refractivity contribution in [3.8, 4) is 0 Å². The van der Waals surface area contributed by atoms with E-state index in [2.05, 4.69) is 0 Å². The Morgan fingerprint density at radius 3 is 2.28 bits per heavy atom. The van der Waals surface area contributed by atoms with Crippen molar-refractivity contribution < 1.29 is 14.3 Å². The molecule has 0 unspecified atom stereocenters. The Hall–Kier alpha value is -2.04. The van der Waals surface area contributed by atoms with Crippen LogP contribution in [0.4, 0.5) is 4.79 Å². The second-order valence-electron chi connectivity index (χ2n) is 7.54. The smallest absolute Gasteiger partial charge is 0.410 e. The van der Waals surface area contributed by atoms with Crippen molar-refractivity contribution in [1.82, 2.24) is 9.80 Å². The molecule has 1 heterocycles. The summed E-state index contributed by atoms with van der Waals surface area (Å²) in [7, 11) is 0. The largest absolute Gasteiger partial charge is 0.444 e. The van der Waals surface area contributed by atoms with E-state index in [0.717, 1.165) is 18.4 Å². The molecule has 1 aliphatic heterocycles. The van der Waals surface area contributed by atoms with Gasteiger partial charge in [-0.05, 0) is 46.1 Å². The summed E-state index contributed by atoms with van der Waals surface area (Å²) in [5.41, 5.74) is 0.562. The van der Waals surface area contributed by atoms with Crippen LogP contribution in [0.2, 0.25) is 0 Å². The van der Waals surface area contributed by atoms with Crippen molar-refractivity contribution in [3.63, 3.8) is 0 Å². The van der Waals surface area contributed by atoms with E-state index < -0.39 is 5.60 Å². The van der Waals surface area contributed by atoms with Gasteiger partial charge in [0.05, 0.1) is 6.42 Å². The Morgan fingerprint density at radius 1 is 1.16 bits per heavy atom. The van der Waals surface area contributed by atoms with Crippen LogP contribution in [0.1, 0.15) is 46.1 Å². The van der Waals surface area contributed by atoms with E-state index in [4.69, 9.17) is 4.74 Å². The average Bonchev–Trinajstić information content (AvgIpc) is 2.55. The molecule has 1 aliphatic rings. The Balaban J connectivity index is 1.89. The third kappa shape index (κ3) is 5.76. The van der Waals surface area contributed by atoms with Gasteiger partial charge in [-0.3, -0.25) is 4.79 Å². The molecule has 1 fully saturated rings. The van der Waals surface area contributed by atoms with E-state index in [9.17, 15) is 9.59 Å². The average molecular weight is 346 g/mol. The highest BCUT2D eigenvalue weighted by Crippen LogP contribution is 2.20. The first-order chi connectivity index (χ1) is 11.8. The van der Waals surface area contributed by atoms with Crippen LogP contribution in [0.25, 0.3) is 0 Å². The number of hydrogen-bond acceptors (Lipinski definition) is 3. The zero-order valence-electron chi connectivity index (χ0n) is 15.8. The lowest BCUT2D eigenvalue weighted by molar-refractivity contribution is -0.133. The van der Waals surface area contributed by atoms with Crippen molar-refractivity contribution >= 4 is 12.0 Å². The molecule has 0 aromatic heterocycles. The lowest BCUT2D eigenvalue weighted by atomic mass is 10.0. The number of hydrogen-bond donors (Lipinski definition) is 0. The molecule has 5 nitrogen and oxygen atoms in total. The van der Waals surface area contributed by atoms with Gasteiger partial charge in [0, 0.05) is 25.7 Å². The van der Waals surface area contributed by atoms with E-state index in [1.807, 2.05) is 62.9 Å². The van der Waals surface area contributed by atoms with Crippen LogP contribution in [0, 0.1) is 0 Å². The van der Waals surface area contributed by atoms with Crippen molar-refractivity contribution in [1.29, 1.82) is 0 Å². The fourth-order valence-electron chi connectivity index (χ4n) is 3.20. The number of likely N-dealkylation sites (tertiary alicyclic amines) is 1. The van der Waals surface area contributed by atoms with Gasteiger partial charge in [-0.15, -0.1) is 0 Å². The maximum Gasteiger partial charge on any atom is 0.410 e. The van der Waals surface area contributed by atoms with E-state index in [1.54, 1.807) is 4.90 Å². The van der Waals surface area contributed by atoms with Crippen molar-refractivity contribution in [2.45, 2.75) is 58.6 Å². The molecular formula is C20H30N2O3. The number of nitrogens with zero attached hydrogens (tertiary/aromatic N) is 2. The number of benzene rings is 1. The van der Waals surface area contributed by atoms with E-state index >= 15 is 0 Å². The van der Waals surface area contributed by atoms with Crippen LogP contribution in [0.5, 0.6) is 0 Å². The predicted octanol–water partition coefficient (Wildman–Crippen LogP) is 3.48. The molecular weight excluding hydrogens is 316 g/mol. The first kappa shape index (κ1) is 19.3. The molecule has 25 heavy (non-hydrogen) atoms. The first-order valence-corrected chi connectivity index (χ1v) is 9.11. The van der Waals surface area contributed by atoms with Gasteiger partial charge < -0.3 is 14.5 Å². The molecule has 138 valence electrons. The quantitative estimate of drug-likeness (QED) is 0.839. The van der Waals surface area contributed by atoms with Gasteiger partial charge in [0.25, 0.3) is 0 Å². The van der Waals surface area contributed by atoms with Gasteiger partial charge in [0.1, 0.15) is 5.60 Å². The Bertz CT molecular complexity index is 572. The summed E-state index contributed by atoms with van der Waals surface area (Å²) >= 11 is 0. The molecule has 0 aliphatic carbocycles. The van der Waals surface area contributed by atoms with Gasteiger partial charge >= 0.3 is 6.09 Å². The molecule has 0 spiro atoms. The predicted molar refractivity (Wildman–Crippen MR) is 98.4 cm³/mol. The number of likely N-dealkylation sites (N-methyl/N-ethyl adjacent to an activating group) is 1. The van der Waals surface area contributed by atoms with Gasteiger partial charge in [-0.1, -0.05) is 30.3 Å². The minimum absolute atomic E-state index is 0.157. The summed E-state index contributed by atoms with van der Waals surface area (Å²) in [6, 6.07) is 10.0. The number of carbonyl (C=O) groups is 2. The van der Waals surface area contributed by atoms with E-state index in [1.165, 1.54) is 0 Å². The van der Waals surface area contributed by atoms with Crippen LogP contribution in [0.3, 0.4) is 0 Å². The fourth-order valence-corrected chi connectivity index (χ4v) is 3.20. The number of carbonyl (C=O) groups excluding carboxylic acids is 2. The van der Waals surface area contributed by atoms with Crippen molar-refractivity contribution in [3.05, 3.63) is 35.9 Å². The molecule has 5 heteroatoms. The monoisotopic (exact) mass is 346 g/mol.